The lowest BCUT2D eigenvalue weighted by molar-refractivity contribution is 0.0601. The number of esters is 1. The fourth-order valence-electron chi connectivity index (χ4n) is 2.60. The molecule has 0 aliphatic heterocycles. The van der Waals surface area contributed by atoms with Gasteiger partial charge in [0.15, 0.2) is 11.0 Å². The van der Waals surface area contributed by atoms with Gasteiger partial charge in [0.1, 0.15) is 11.0 Å². The van der Waals surface area contributed by atoms with Crippen molar-refractivity contribution in [2.45, 2.75) is 19.8 Å². The molecule has 0 aliphatic rings. The van der Waals surface area contributed by atoms with E-state index in [1.165, 1.54) is 7.11 Å². The van der Waals surface area contributed by atoms with Gasteiger partial charge in [-0.2, -0.15) is 5.10 Å². The molecule has 0 saturated heterocycles. The minimum absolute atomic E-state index is 0.365. The Morgan fingerprint density at radius 1 is 1.25 bits per heavy atom. The summed E-state index contributed by atoms with van der Waals surface area (Å²) in [7, 11) is 3.19. The normalized spacial score (nSPS) is 11.0. The van der Waals surface area contributed by atoms with Crippen molar-refractivity contribution < 1.29 is 9.53 Å². The van der Waals surface area contributed by atoms with Gasteiger partial charge in [-0.3, -0.25) is 4.68 Å². The Morgan fingerprint density at radius 2 is 1.96 bits per heavy atom. The van der Waals surface area contributed by atoms with Gasteiger partial charge in [-0.05, 0) is 18.6 Å². The molecule has 1 aromatic carbocycles. The van der Waals surface area contributed by atoms with Crippen LogP contribution in [0.5, 0.6) is 0 Å². The van der Waals surface area contributed by atoms with E-state index in [-0.39, 0.29) is 5.97 Å². The molecule has 3 rings (SSSR count). The number of carbonyl (C=O) groups excluding carboxylic acids is 1. The number of halogens is 1. The molecule has 0 N–H and O–H groups in total. The molecule has 0 saturated carbocycles. The molecule has 2 heterocycles. The number of benzene rings is 1. The molecular formula is C17H17ClN4O2. The van der Waals surface area contributed by atoms with Crippen LogP contribution < -0.4 is 0 Å². The molecule has 0 unspecified atom stereocenters. The van der Waals surface area contributed by atoms with Crippen molar-refractivity contribution in [1.82, 2.24) is 19.7 Å². The molecule has 6 nitrogen and oxygen atoms in total. The Balaban J connectivity index is 2.09. The second-order valence-corrected chi connectivity index (χ2v) is 5.78. The van der Waals surface area contributed by atoms with E-state index < -0.39 is 0 Å². The van der Waals surface area contributed by atoms with Gasteiger partial charge < -0.3 is 4.74 Å². The third-order valence-electron chi connectivity index (χ3n) is 3.76. The lowest BCUT2D eigenvalue weighted by Gasteiger charge is -2.04. The van der Waals surface area contributed by atoms with Crippen LogP contribution in [0.2, 0.25) is 5.15 Å². The number of carbonyl (C=O) groups is 1. The number of methoxy groups -OCH3 is 1. The lowest BCUT2D eigenvalue weighted by Crippen LogP contribution is -2.01. The average molecular weight is 345 g/mol. The first-order valence-electron chi connectivity index (χ1n) is 7.63. The van der Waals surface area contributed by atoms with Crippen LogP contribution in [0, 0.1) is 0 Å². The van der Waals surface area contributed by atoms with Gasteiger partial charge in [-0.15, -0.1) is 0 Å². The molecule has 0 amide bonds. The van der Waals surface area contributed by atoms with Crippen LogP contribution in [-0.2, 0) is 18.2 Å². The summed E-state index contributed by atoms with van der Waals surface area (Å²) in [4.78, 5) is 20.5. The number of rotatable bonds is 4. The number of fused-ring (bicyclic) bond motifs is 1. The van der Waals surface area contributed by atoms with E-state index in [1.807, 2.05) is 7.05 Å². The van der Waals surface area contributed by atoms with Gasteiger partial charge in [-0.25, -0.2) is 14.8 Å². The molecule has 0 bridgehead atoms. The third kappa shape index (κ3) is 2.85. The minimum Gasteiger partial charge on any atom is -0.465 e. The topological polar surface area (TPSA) is 69.9 Å². The second-order valence-electron chi connectivity index (χ2n) is 5.42. The third-order valence-corrected chi connectivity index (χ3v) is 4.02. The van der Waals surface area contributed by atoms with E-state index in [0.29, 0.717) is 16.5 Å². The molecule has 3 aromatic rings. The summed E-state index contributed by atoms with van der Waals surface area (Å²) in [6.45, 7) is 2.09. The maximum atomic E-state index is 11.5. The molecule has 0 atom stereocenters. The summed E-state index contributed by atoms with van der Waals surface area (Å²) in [5.41, 5.74) is 3.66. The van der Waals surface area contributed by atoms with Crippen LogP contribution >= 0.6 is 11.6 Å². The quantitative estimate of drug-likeness (QED) is 0.535. The van der Waals surface area contributed by atoms with Crippen molar-refractivity contribution in [1.29, 1.82) is 0 Å². The highest BCUT2D eigenvalue weighted by Crippen LogP contribution is 2.27. The molecule has 24 heavy (non-hydrogen) atoms. The van der Waals surface area contributed by atoms with E-state index in [9.17, 15) is 4.79 Å². The average Bonchev–Trinajstić information content (AvgIpc) is 2.91. The molecule has 2 aromatic heterocycles. The highest BCUT2D eigenvalue weighted by molar-refractivity contribution is 6.33. The molecule has 0 aliphatic carbocycles. The summed E-state index contributed by atoms with van der Waals surface area (Å²) >= 11 is 6.35. The number of aromatic nitrogens is 4. The molecule has 0 spiro atoms. The highest BCUT2D eigenvalue weighted by atomic mass is 35.5. The highest BCUT2D eigenvalue weighted by Gasteiger charge is 2.16. The second kappa shape index (κ2) is 6.57. The first-order chi connectivity index (χ1) is 11.5. The van der Waals surface area contributed by atoms with Crippen molar-refractivity contribution >= 4 is 28.6 Å². The standard InChI is InChI=1S/C17H17ClN4O2/c1-4-5-12-13-14(22(2)21-12)15(18)20-16(19-13)10-6-8-11(9-7-10)17(23)24-3/h6-9H,4-5H2,1-3H3. The Labute approximate surface area is 144 Å². The van der Waals surface area contributed by atoms with Crippen molar-refractivity contribution in [3.63, 3.8) is 0 Å². The molecule has 0 fully saturated rings. The van der Waals surface area contributed by atoms with E-state index in [4.69, 9.17) is 16.3 Å². The van der Waals surface area contributed by atoms with Gasteiger partial charge >= 0.3 is 5.97 Å². The summed E-state index contributed by atoms with van der Waals surface area (Å²) in [6, 6.07) is 6.91. The largest absolute Gasteiger partial charge is 0.465 e. The van der Waals surface area contributed by atoms with Crippen LogP contribution in [0.4, 0.5) is 0 Å². The fraction of sp³-hybridized carbons (Fsp3) is 0.294. The van der Waals surface area contributed by atoms with Gasteiger partial charge in [0.25, 0.3) is 0 Å². The first-order valence-corrected chi connectivity index (χ1v) is 8.00. The zero-order valence-electron chi connectivity index (χ0n) is 13.7. The van der Waals surface area contributed by atoms with Crippen LogP contribution in [-0.4, -0.2) is 32.8 Å². The number of hydrogen-bond donors (Lipinski definition) is 0. The van der Waals surface area contributed by atoms with Crippen LogP contribution in [0.1, 0.15) is 29.4 Å². The lowest BCUT2D eigenvalue weighted by atomic mass is 10.1. The Kier molecular flexibility index (Phi) is 4.49. The van der Waals surface area contributed by atoms with E-state index >= 15 is 0 Å². The van der Waals surface area contributed by atoms with Crippen LogP contribution in [0.3, 0.4) is 0 Å². The van der Waals surface area contributed by atoms with Gasteiger partial charge in [0.05, 0.1) is 18.4 Å². The van der Waals surface area contributed by atoms with Gasteiger partial charge in [-0.1, -0.05) is 37.1 Å². The van der Waals surface area contributed by atoms with E-state index in [1.54, 1.807) is 28.9 Å². The Bertz CT molecular complexity index is 903. The van der Waals surface area contributed by atoms with Crippen LogP contribution in [0.25, 0.3) is 22.4 Å². The predicted octanol–water partition coefficient (Wildman–Crippen LogP) is 3.42. The predicted molar refractivity (Wildman–Crippen MR) is 92.1 cm³/mol. The Hall–Kier alpha value is -2.47. The maximum absolute atomic E-state index is 11.5. The van der Waals surface area contributed by atoms with Gasteiger partial charge in [0.2, 0.25) is 0 Å². The number of hydrogen-bond acceptors (Lipinski definition) is 5. The number of nitrogens with zero attached hydrogens (tertiary/aromatic N) is 4. The Morgan fingerprint density at radius 3 is 2.58 bits per heavy atom. The SMILES string of the molecule is CCCc1nn(C)c2c(Cl)nc(-c3ccc(C(=O)OC)cc3)nc12. The summed E-state index contributed by atoms with van der Waals surface area (Å²) in [6.07, 6.45) is 1.79. The summed E-state index contributed by atoms with van der Waals surface area (Å²) in [5.74, 6) is 0.128. The van der Waals surface area contributed by atoms with E-state index in [2.05, 4.69) is 22.0 Å². The molecule has 124 valence electrons. The minimum atomic E-state index is -0.381. The van der Waals surface area contributed by atoms with Crippen molar-refractivity contribution in [2.75, 3.05) is 7.11 Å². The number of aryl methyl sites for hydroxylation is 2. The fourth-order valence-corrected chi connectivity index (χ4v) is 2.89. The summed E-state index contributed by atoms with van der Waals surface area (Å²) < 4.78 is 6.42. The molecule has 7 heteroatoms. The van der Waals surface area contributed by atoms with Crippen molar-refractivity contribution in [3.05, 3.63) is 40.7 Å². The zero-order valence-corrected chi connectivity index (χ0v) is 14.5. The molecular weight excluding hydrogens is 328 g/mol. The summed E-state index contributed by atoms with van der Waals surface area (Å²) in [5, 5.41) is 4.86. The van der Waals surface area contributed by atoms with Crippen LogP contribution in [0.15, 0.2) is 24.3 Å². The monoisotopic (exact) mass is 344 g/mol. The zero-order chi connectivity index (χ0) is 17.3. The van der Waals surface area contributed by atoms with Crippen molar-refractivity contribution in [3.8, 4) is 11.4 Å². The van der Waals surface area contributed by atoms with Crippen molar-refractivity contribution in [2.24, 2.45) is 7.05 Å². The maximum Gasteiger partial charge on any atom is 0.337 e. The van der Waals surface area contributed by atoms with E-state index in [0.717, 1.165) is 35.1 Å². The smallest absolute Gasteiger partial charge is 0.337 e. The van der Waals surface area contributed by atoms with Gasteiger partial charge in [0, 0.05) is 12.6 Å². The number of ether oxygens (including phenoxy) is 1. The molecule has 0 radical (unpaired) electrons. The first kappa shape index (κ1) is 16.4.